The maximum absolute atomic E-state index is 11.4. The number of thiazole rings is 1. The van der Waals surface area contributed by atoms with Crippen molar-refractivity contribution in [2.45, 2.75) is 0 Å². The second-order valence-electron chi connectivity index (χ2n) is 5.33. The number of carboxylic acid groups (broad SMARTS) is 1. The molecule has 142 valence electrons. The average molecular weight is 436 g/mol. The van der Waals surface area contributed by atoms with Gasteiger partial charge >= 0.3 is 0 Å². The molecule has 1 heterocycles. The van der Waals surface area contributed by atoms with Crippen LogP contribution in [0.25, 0.3) is 11.3 Å². The van der Waals surface area contributed by atoms with Crippen LogP contribution in [0.1, 0.15) is 5.56 Å². The van der Waals surface area contributed by atoms with Crippen molar-refractivity contribution in [2.75, 3.05) is 5.43 Å². The Bertz CT molecular complexity index is 1100. The summed E-state index contributed by atoms with van der Waals surface area (Å²) >= 11 is 13.1. The summed E-state index contributed by atoms with van der Waals surface area (Å²) in [6.07, 6.45) is 0. The van der Waals surface area contributed by atoms with E-state index in [0.717, 1.165) is 11.6 Å². The van der Waals surface area contributed by atoms with E-state index in [1.807, 2.05) is 0 Å². The number of carboxylic acids is 1. The molecule has 2 aromatic carbocycles. The minimum absolute atomic E-state index is 0.0305. The van der Waals surface area contributed by atoms with Crippen LogP contribution in [0.5, 0.6) is 0 Å². The summed E-state index contributed by atoms with van der Waals surface area (Å²) in [6, 6.07) is 10.1. The van der Waals surface area contributed by atoms with Crippen molar-refractivity contribution in [3.8, 4) is 11.3 Å². The highest BCUT2D eigenvalue weighted by molar-refractivity contribution is 7.14. The number of aromatic nitrogens is 1. The molecule has 0 spiro atoms. The number of hydrazone groups is 1. The highest BCUT2D eigenvalue weighted by atomic mass is 35.5. The van der Waals surface area contributed by atoms with Crippen LogP contribution in [0.3, 0.4) is 0 Å². The molecule has 3 rings (SSSR count). The number of hydrogen-bond donors (Lipinski definition) is 1. The van der Waals surface area contributed by atoms with E-state index in [-0.39, 0.29) is 11.3 Å². The van der Waals surface area contributed by atoms with E-state index in [9.17, 15) is 20.0 Å². The van der Waals surface area contributed by atoms with E-state index in [2.05, 4.69) is 15.5 Å². The number of nitrogens with zero attached hydrogens (tertiary/aromatic N) is 3. The van der Waals surface area contributed by atoms with Crippen molar-refractivity contribution in [2.24, 2.45) is 5.10 Å². The molecular weight excluding hydrogens is 427 g/mol. The van der Waals surface area contributed by atoms with Crippen molar-refractivity contribution in [1.29, 1.82) is 0 Å². The lowest BCUT2D eigenvalue weighted by Gasteiger charge is -2.07. The third-order valence-electron chi connectivity index (χ3n) is 3.51. The number of carbonyl (C=O) groups excluding carboxylic acids is 1. The molecular formula is C17H9Cl2N4O4S-. The average Bonchev–Trinajstić information content (AvgIpc) is 3.13. The highest BCUT2D eigenvalue weighted by Gasteiger charge is 2.12. The van der Waals surface area contributed by atoms with Gasteiger partial charge < -0.3 is 9.90 Å². The Balaban J connectivity index is 1.85. The molecule has 0 bridgehead atoms. The number of aliphatic carboxylic acids is 1. The van der Waals surface area contributed by atoms with Crippen molar-refractivity contribution in [3.63, 3.8) is 0 Å². The summed E-state index contributed by atoms with van der Waals surface area (Å²) in [5, 5.41) is 28.9. The number of nitro benzene ring substituents is 1. The molecule has 0 saturated carbocycles. The summed E-state index contributed by atoms with van der Waals surface area (Å²) < 4.78 is 0. The van der Waals surface area contributed by atoms with Gasteiger partial charge in [-0.1, -0.05) is 41.4 Å². The normalized spacial score (nSPS) is 11.3. The number of nitrogens with one attached hydrogen (secondary N) is 1. The van der Waals surface area contributed by atoms with E-state index in [4.69, 9.17) is 23.2 Å². The molecule has 0 atom stereocenters. The van der Waals surface area contributed by atoms with Crippen molar-refractivity contribution in [3.05, 3.63) is 73.6 Å². The van der Waals surface area contributed by atoms with Crippen LogP contribution in [0.4, 0.5) is 10.8 Å². The summed E-state index contributed by atoms with van der Waals surface area (Å²) in [4.78, 5) is 25.9. The lowest BCUT2D eigenvalue weighted by atomic mass is 10.1. The number of hydrogen-bond acceptors (Lipinski definition) is 8. The highest BCUT2D eigenvalue weighted by Crippen LogP contribution is 2.30. The summed E-state index contributed by atoms with van der Waals surface area (Å²) in [7, 11) is 0. The number of anilines is 1. The molecule has 8 nitrogen and oxygen atoms in total. The van der Waals surface area contributed by atoms with Gasteiger partial charge in [0.2, 0.25) is 5.13 Å². The zero-order valence-corrected chi connectivity index (χ0v) is 16.1. The van der Waals surface area contributed by atoms with Crippen LogP contribution in [0, 0.1) is 10.1 Å². The molecule has 28 heavy (non-hydrogen) atoms. The Morgan fingerprint density at radius 3 is 2.64 bits per heavy atom. The second-order valence-corrected chi connectivity index (χ2v) is 7.01. The molecule has 1 aromatic heterocycles. The van der Waals surface area contributed by atoms with E-state index in [0.29, 0.717) is 20.9 Å². The summed E-state index contributed by atoms with van der Waals surface area (Å²) in [5.41, 5.74) is 3.13. The maximum Gasteiger partial charge on any atom is 0.270 e. The summed E-state index contributed by atoms with van der Waals surface area (Å²) in [6.45, 7) is 0. The molecule has 0 aliphatic heterocycles. The SMILES string of the molecule is O=C([O-])/C(=N\Nc1nc(-c2ccc(Cl)c(Cl)c2)cs1)c1cccc([N+](=O)[O-])c1. The minimum Gasteiger partial charge on any atom is -0.543 e. The van der Waals surface area contributed by atoms with Gasteiger partial charge in [0.25, 0.3) is 5.69 Å². The lowest BCUT2D eigenvalue weighted by Crippen LogP contribution is -2.33. The van der Waals surface area contributed by atoms with Crippen LogP contribution < -0.4 is 10.5 Å². The molecule has 0 fully saturated rings. The zero-order valence-electron chi connectivity index (χ0n) is 13.8. The fourth-order valence-electron chi connectivity index (χ4n) is 2.21. The Morgan fingerprint density at radius 1 is 1.18 bits per heavy atom. The first-order valence-electron chi connectivity index (χ1n) is 7.56. The third kappa shape index (κ3) is 4.45. The predicted molar refractivity (Wildman–Crippen MR) is 106 cm³/mol. The topological polar surface area (TPSA) is 121 Å². The van der Waals surface area contributed by atoms with E-state index in [1.54, 1.807) is 23.6 Å². The molecule has 0 aliphatic rings. The van der Waals surface area contributed by atoms with Crippen LogP contribution in [0.2, 0.25) is 10.0 Å². The number of non-ortho nitro benzene ring substituents is 1. The molecule has 11 heteroatoms. The van der Waals surface area contributed by atoms with Gasteiger partial charge in [-0.3, -0.25) is 15.5 Å². The van der Waals surface area contributed by atoms with Gasteiger partial charge in [-0.05, 0) is 12.1 Å². The van der Waals surface area contributed by atoms with Crippen molar-refractivity contribution >= 4 is 57.0 Å². The first kappa shape index (κ1) is 19.7. The number of benzene rings is 2. The Morgan fingerprint density at radius 2 is 1.96 bits per heavy atom. The van der Waals surface area contributed by atoms with Crippen LogP contribution in [-0.4, -0.2) is 21.6 Å². The fourth-order valence-corrected chi connectivity index (χ4v) is 3.17. The molecule has 0 radical (unpaired) electrons. The second kappa shape index (κ2) is 8.34. The molecule has 0 aliphatic carbocycles. The summed E-state index contributed by atoms with van der Waals surface area (Å²) in [5.74, 6) is -1.59. The Labute approximate surface area is 172 Å². The molecule has 0 unspecified atom stereocenters. The fraction of sp³-hybridized carbons (Fsp3) is 0. The Kier molecular flexibility index (Phi) is 5.88. The van der Waals surface area contributed by atoms with Gasteiger partial charge in [0.15, 0.2) is 0 Å². The van der Waals surface area contributed by atoms with Crippen molar-refractivity contribution in [1.82, 2.24) is 4.98 Å². The Hall–Kier alpha value is -3.01. The first-order chi connectivity index (χ1) is 13.3. The lowest BCUT2D eigenvalue weighted by molar-refractivity contribution is -0.384. The monoisotopic (exact) mass is 435 g/mol. The van der Waals surface area contributed by atoms with Crippen LogP contribution in [0.15, 0.2) is 52.9 Å². The van der Waals surface area contributed by atoms with Crippen LogP contribution in [-0.2, 0) is 4.79 Å². The standard InChI is InChI=1S/C17H10Cl2N4O4S/c18-12-5-4-9(7-13(12)19)14-8-28-17(20-14)22-21-15(16(24)25)10-2-1-3-11(6-10)23(26)27/h1-8H,(H,20,22)(H,24,25)/p-1/b21-15-. The quantitative estimate of drug-likeness (QED) is 0.358. The van der Waals surface area contributed by atoms with E-state index in [1.165, 1.54) is 29.5 Å². The molecule has 1 N–H and O–H groups in total. The largest absolute Gasteiger partial charge is 0.543 e. The predicted octanol–water partition coefficient (Wildman–Crippen LogP) is 3.59. The smallest absolute Gasteiger partial charge is 0.270 e. The molecule has 0 saturated heterocycles. The number of halogens is 2. The third-order valence-corrected chi connectivity index (χ3v) is 4.99. The maximum atomic E-state index is 11.4. The molecule has 3 aromatic rings. The first-order valence-corrected chi connectivity index (χ1v) is 9.19. The zero-order chi connectivity index (χ0) is 20.3. The van der Waals surface area contributed by atoms with Gasteiger partial charge in [-0.2, -0.15) is 5.10 Å². The minimum atomic E-state index is -1.59. The van der Waals surface area contributed by atoms with Crippen molar-refractivity contribution < 1.29 is 14.8 Å². The van der Waals surface area contributed by atoms with E-state index < -0.39 is 16.6 Å². The van der Waals surface area contributed by atoms with E-state index >= 15 is 0 Å². The van der Waals surface area contributed by atoms with Crippen LogP contribution >= 0.6 is 34.5 Å². The van der Waals surface area contributed by atoms with Gasteiger partial charge in [-0.15, -0.1) is 11.3 Å². The molecule has 0 amide bonds. The van der Waals surface area contributed by atoms with Gasteiger partial charge in [0, 0.05) is 28.6 Å². The number of carbonyl (C=O) groups is 1. The number of nitro groups is 1. The van der Waals surface area contributed by atoms with Gasteiger partial charge in [0.05, 0.1) is 26.6 Å². The van der Waals surface area contributed by atoms with Gasteiger partial charge in [-0.25, -0.2) is 4.98 Å². The van der Waals surface area contributed by atoms with Gasteiger partial charge in [0.1, 0.15) is 5.71 Å². The number of rotatable bonds is 6.